The van der Waals surface area contributed by atoms with E-state index in [1.165, 1.54) is 12.8 Å². The molecule has 0 radical (unpaired) electrons. The number of carbonyl (C=O) groups is 1. The van der Waals surface area contributed by atoms with Crippen LogP contribution in [-0.2, 0) is 9.53 Å². The monoisotopic (exact) mass is 225 g/mol. The SMILES string of the molecule is CCCN1CCOC(C(=O)CCC2CC2)C1. The number of rotatable bonds is 6. The molecule has 1 aliphatic carbocycles. The molecule has 1 unspecified atom stereocenters. The van der Waals surface area contributed by atoms with E-state index in [1.54, 1.807) is 0 Å². The van der Waals surface area contributed by atoms with Crippen molar-refractivity contribution in [2.75, 3.05) is 26.2 Å². The molecule has 0 bridgehead atoms. The first-order chi connectivity index (χ1) is 7.79. The fourth-order valence-electron chi connectivity index (χ4n) is 2.33. The van der Waals surface area contributed by atoms with Gasteiger partial charge in [-0.05, 0) is 25.3 Å². The number of carbonyl (C=O) groups excluding carboxylic acids is 1. The number of Topliss-reactive ketones (excluding diaryl/α,β-unsaturated/α-hetero) is 1. The molecule has 0 aromatic rings. The van der Waals surface area contributed by atoms with Gasteiger partial charge in [-0.2, -0.15) is 0 Å². The first-order valence-electron chi connectivity index (χ1n) is 6.66. The highest BCUT2D eigenvalue weighted by atomic mass is 16.5. The second-order valence-corrected chi connectivity index (χ2v) is 5.11. The van der Waals surface area contributed by atoms with Gasteiger partial charge in [0.1, 0.15) is 6.10 Å². The fraction of sp³-hybridized carbons (Fsp3) is 0.923. The van der Waals surface area contributed by atoms with Crippen LogP contribution in [0.5, 0.6) is 0 Å². The number of hydrogen-bond acceptors (Lipinski definition) is 3. The Kier molecular flexibility index (Phi) is 4.36. The molecule has 2 fully saturated rings. The Labute approximate surface area is 98.1 Å². The molecule has 1 heterocycles. The minimum Gasteiger partial charge on any atom is -0.368 e. The highest BCUT2D eigenvalue weighted by Crippen LogP contribution is 2.33. The van der Waals surface area contributed by atoms with E-state index < -0.39 is 0 Å². The van der Waals surface area contributed by atoms with Gasteiger partial charge in [0.25, 0.3) is 0 Å². The van der Waals surface area contributed by atoms with Gasteiger partial charge in [-0.25, -0.2) is 0 Å². The summed E-state index contributed by atoms with van der Waals surface area (Å²) in [6.45, 7) is 5.80. The Bertz CT molecular complexity index is 236. The minimum atomic E-state index is -0.140. The lowest BCUT2D eigenvalue weighted by Gasteiger charge is -2.31. The normalized spacial score (nSPS) is 26.9. The topological polar surface area (TPSA) is 29.5 Å². The highest BCUT2D eigenvalue weighted by Gasteiger charge is 2.28. The van der Waals surface area contributed by atoms with Crippen molar-refractivity contribution < 1.29 is 9.53 Å². The molecule has 0 aromatic carbocycles. The van der Waals surface area contributed by atoms with Gasteiger partial charge in [-0.3, -0.25) is 9.69 Å². The van der Waals surface area contributed by atoms with Crippen molar-refractivity contribution in [2.24, 2.45) is 5.92 Å². The summed E-state index contributed by atoms with van der Waals surface area (Å²) in [5.41, 5.74) is 0. The molecule has 1 saturated heterocycles. The molecular weight excluding hydrogens is 202 g/mol. The third-order valence-electron chi connectivity index (χ3n) is 3.55. The molecule has 0 amide bonds. The molecule has 1 atom stereocenters. The van der Waals surface area contributed by atoms with Gasteiger partial charge in [0.05, 0.1) is 6.61 Å². The summed E-state index contributed by atoms with van der Waals surface area (Å²) in [5.74, 6) is 1.17. The van der Waals surface area contributed by atoms with E-state index in [4.69, 9.17) is 4.74 Å². The van der Waals surface area contributed by atoms with Crippen molar-refractivity contribution in [3.63, 3.8) is 0 Å². The van der Waals surface area contributed by atoms with Crippen LogP contribution in [0.25, 0.3) is 0 Å². The fourth-order valence-corrected chi connectivity index (χ4v) is 2.33. The maximum atomic E-state index is 11.9. The van der Waals surface area contributed by atoms with Gasteiger partial charge >= 0.3 is 0 Å². The van der Waals surface area contributed by atoms with Crippen LogP contribution in [0, 0.1) is 5.92 Å². The van der Waals surface area contributed by atoms with E-state index in [1.807, 2.05) is 0 Å². The van der Waals surface area contributed by atoms with Crippen LogP contribution < -0.4 is 0 Å². The number of morpholine rings is 1. The standard InChI is InChI=1S/C13H23NO2/c1-2-7-14-8-9-16-13(10-14)12(15)6-5-11-3-4-11/h11,13H,2-10H2,1H3. The molecular formula is C13H23NO2. The third-order valence-corrected chi connectivity index (χ3v) is 3.55. The van der Waals surface area contributed by atoms with Gasteiger partial charge in [0, 0.05) is 19.5 Å². The van der Waals surface area contributed by atoms with Crippen LogP contribution in [0.15, 0.2) is 0 Å². The summed E-state index contributed by atoms with van der Waals surface area (Å²) in [6, 6.07) is 0. The van der Waals surface area contributed by atoms with Gasteiger partial charge in [0.2, 0.25) is 0 Å². The number of hydrogen-bond donors (Lipinski definition) is 0. The maximum absolute atomic E-state index is 11.9. The van der Waals surface area contributed by atoms with Crippen molar-refractivity contribution in [1.82, 2.24) is 4.90 Å². The zero-order valence-electron chi connectivity index (χ0n) is 10.3. The molecule has 1 aliphatic heterocycles. The Balaban J connectivity index is 1.71. The summed E-state index contributed by atoms with van der Waals surface area (Å²) < 4.78 is 5.58. The molecule has 1 saturated carbocycles. The van der Waals surface area contributed by atoms with Gasteiger partial charge in [-0.15, -0.1) is 0 Å². The predicted octanol–water partition coefficient (Wildman–Crippen LogP) is 1.86. The number of ether oxygens (including phenoxy) is 1. The summed E-state index contributed by atoms with van der Waals surface area (Å²) in [7, 11) is 0. The summed E-state index contributed by atoms with van der Waals surface area (Å²) in [4.78, 5) is 14.3. The van der Waals surface area contributed by atoms with Crippen LogP contribution in [0.3, 0.4) is 0 Å². The third kappa shape index (κ3) is 3.56. The molecule has 16 heavy (non-hydrogen) atoms. The Morgan fingerprint density at radius 3 is 2.94 bits per heavy atom. The van der Waals surface area contributed by atoms with Gasteiger partial charge < -0.3 is 4.74 Å². The van der Waals surface area contributed by atoms with Crippen molar-refractivity contribution in [3.05, 3.63) is 0 Å². The average Bonchev–Trinajstić information content (AvgIpc) is 3.10. The van der Waals surface area contributed by atoms with Crippen molar-refractivity contribution in [1.29, 1.82) is 0 Å². The van der Waals surface area contributed by atoms with Crippen LogP contribution >= 0.6 is 0 Å². The van der Waals surface area contributed by atoms with E-state index >= 15 is 0 Å². The summed E-state index contributed by atoms with van der Waals surface area (Å²) in [5, 5.41) is 0. The first kappa shape index (κ1) is 12.1. The van der Waals surface area contributed by atoms with E-state index in [0.29, 0.717) is 5.78 Å². The van der Waals surface area contributed by atoms with Crippen molar-refractivity contribution in [3.8, 4) is 0 Å². The van der Waals surface area contributed by atoms with Crippen LogP contribution in [0.1, 0.15) is 39.0 Å². The molecule has 92 valence electrons. The van der Waals surface area contributed by atoms with Crippen molar-refractivity contribution in [2.45, 2.75) is 45.1 Å². The van der Waals surface area contributed by atoms with Crippen LogP contribution in [0.4, 0.5) is 0 Å². The van der Waals surface area contributed by atoms with Gasteiger partial charge in [0.15, 0.2) is 5.78 Å². The maximum Gasteiger partial charge on any atom is 0.162 e. The summed E-state index contributed by atoms with van der Waals surface area (Å²) in [6.07, 6.45) is 5.51. The second-order valence-electron chi connectivity index (χ2n) is 5.11. The molecule has 2 aliphatic rings. The highest BCUT2D eigenvalue weighted by molar-refractivity contribution is 5.83. The van der Waals surface area contributed by atoms with Crippen LogP contribution in [0.2, 0.25) is 0 Å². The van der Waals surface area contributed by atoms with Gasteiger partial charge in [-0.1, -0.05) is 19.8 Å². The quantitative estimate of drug-likeness (QED) is 0.691. The zero-order chi connectivity index (χ0) is 11.4. The Morgan fingerprint density at radius 2 is 2.25 bits per heavy atom. The Hall–Kier alpha value is -0.410. The predicted molar refractivity (Wildman–Crippen MR) is 63.4 cm³/mol. The Morgan fingerprint density at radius 1 is 1.44 bits per heavy atom. The van der Waals surface area contributed by atoms with E-state index in [0.717, 1.165) is 51.4 Å². The first-order valence-corrected chi connectivity index (χ1v) is 6.66. The molecule has 2 rings (SSSR count). The lowest BCUT2D eigenvalue weighted by Crippen LogP contribution is -2.46. The van der Waals surface area contributed by atoms with E-state index in [-0.39, 0.29) is 6.10 Å². The number of nitrogens with zero attached hydrogens (tertiary/aromatic N) is 1. The average molecular weight is 225 g/mol. The second kappa shape index (κ2) is 5.78. The molecule has 0 N–H and O–H groups in total. The van der Waals surface area contributed by atoms with E-state index in [9.17, 15) is 4.79 Å². The van der Waals surface area contributed by atoms with E-state index in [2.05, 4.69) is 11.8 Å². The molecule has 0 aromatic heterocycles. The molecule has 3 heteroatoms. The minimum absolute atomic E-state index is 0.140. The zero-order valence-corrected chi connectivity index (χ0v) is 10.3. The lowest BCUT2D eigenvalue weighted by molar-refractivity contribution is -0.136. The smallest absolute Gasteiger partial charge is 0.162 e. The summed E-state index contributed by atoms with van der Waals surface area (Å²) >= 11 is 0. The molecule has 0 spiro atoms. The lowest BCUT2D eigenvalue weighted by atomic mass is 10.1. The van der Waals surface area contributed by atoms with Crippen molar-refractivity contribution >= 4 is 5.78 Å². The largest absolute Gasteiger partial charge is 0.368 e. The molecule has 3 nitrogen and oxygen atoms in total. The van der Waals surface area contributed by atoms with Crippen LogP contribution in [-0.4, -0.2) is 43.0 Å². The number of ketones is 1.